The van der Waals surface area contributed by atoms with Crippen molar-refractivity contribution in [1.82, 2.24) is 0 Å². The molecule has 1 saturated carbocycles. The molecule has 0 aromatic heterocycles. The highest BCUT2D eigenvalue weighted by molar-refractivity contribution is 5.35. The van der Waals surface area contributed by atoms with Gasteiger partial charge in [-0.2, -0.15) is 0 Å². The molecule has 0 N–H and O–H groups in total. The topological polar surface area (TPSA) is 0 Å². The van der Waals surface area contributed by atoms with Gasteiger partial charge in [0, 0.05) is 0 Å². The second-order valence-corrected chi connectivity index (χ2v) is 8.56. The summed E-state index contributed by atoms with van der Waals surface area (Å²) >= 11 is 0. The number of rotatable bonds is 3. The molecular formula is C21H36. The lowest BCUT2D eigenvalue weighted by Gasteiger charge is -2.55. The van der Waals surface area contributed by atoms with E-state index in [1.165, 1.54) is 38.5 Å². The van der Waals surface area contributed by atoms with Crippen LogP contribution in [0.4, 0.5) is 0 Å². The highest BCUT2D eigenvalue weighted by Crippen LogP contribution is 2.60. The van der Waals surface area contributed by atoms with E-state index in [1.54, 1.807) is 16.7 Å². The molecule has 21 heavy (non-hydrogen) atoms. The molecule has 3 atom stereocenters. The van der Waals surface area contributed by atoms with Gasteiger partial charge in [0.1, 0.15) is 0 Å². The first-order valence-corrected chi connectivity index (χ1v) is 9.13. The van der Waals surface area contributed by atoms with E-state index < -0.39 is 0 Å². The van der Waals surface area contributed by atoms with Crippen LogP contribution in [0.15, 0.2) is 22.8 Å². The monoisotopic (exact) mass is 288 g/mol. The molecule has 0 amide bonds. The summed E-state index contributed by atoms with van der Waals surface area (Å²) in [5, 5.41) is 0. The number of hydrogen-bond donors (Lipinski definition) is 0. The van der Waals surface area contributed by atoms with E-state index in [2.05, 4.69) is 54.5 Å². The first-order chi connectivity index (χ1) is 9.74. The van der Waals surface area contributed by atoms with Gasteiger partial charge >= 0.3 is 0 Å². The summed E-state index contributed by atoms with van der Waals surface area (Å²) in [5.74, 6) is 1.56. The van der Waals surface area contributed by atoms with Crippen LogP contribution in [0.3, 0.4) is 0 Å². The molecule has 0 radical (unpaired) electrons. The van der Waals surface area contributed by atoms with Gasteiger partial charge in [-0.05, 0) is 67.8 Å². The summed E-state index contributed by atoms with van der Waals surface area (Å²) in [4.78, 5) is 0. The Morgan fingerprint density at radius 2 is 1.95 bits per heavy atom. The van der Waals surface area contributed by atoms with E-state index >= 15 is 0 Å². The summed E-state index contributed by atoms with van der Waals surface area (Å²) < 4.78 is 0. The fourth-order valence-corrected chi connectivity index (χ4v) is 4.99. The van der Waals surface area contributed by atoms with Crippen molar-refractivity contribution in [2.24, 2.45) is 22.7 Å². The van der Waals surface area contributed by atoms with Crippen LogP contribution in [0.2, 0.25) is 0 Å². The van der Waals surface area contributed by atoms with Crippen molar-refractivity contribution in [2.45, 2.75) is 87.0 Å². The smallest absolute Gasteiger partial charge is 0.00798 e. The van der Waals surface area contributed by atoms with Crippen LogP contribution in [-0.4, -0.2) is 0 Å². The van der Waals surface area contributed by atoms with Crippen molar-refractivity contribution < 1.29 is 0 Å². The number of allylic oxidation sites excluding steroid dienone is 4. The molecule has 2 aliphatic carbocycles. The lowest BCUT2D eigenvalue weighted by molar-refractivity contribution is -0.00265. The fraction of sp³-hybridized carbons (Fsp3) is 0.810. The SMILES string of the molecule is CCC1(C)CCCC2(C)C(C)=C(/C=C(\C)C(C)C)CCC12. The van der Waals surface area contributed by atoms with Gasteiger partial charge < -0.3 is 0 Å². The fourth-order valence-electron chi connectivity index (χ4n) is 4.99. The quantitative estimate of drug-likeness (QED) is 0.528. The highest BCUT2D eigenvalue weighted by atomic mass is 14.5. The van der Waals surface area contributed by atoms with E-state index in [4.69, 9.17) is 0 Å². The number of hydrogen-bond acceptors (Lipinski definition) is 0. The van der Waals surface area contributed by atoms with E-state index in [0.29, 0.717) is 16.7 Å². The Balaban J connectivity index is 2.40. The largest absolute Gasteiger partial charge is 0.0705 e. The Morgan fingerprint density at radius 3 is 2.52 bits per heavy atom. The summed E-state index contributed by atoms with van der Waals surface area (Å²) in [6, 6.07) is 0. The van der Waals surface area contributed by atoms with Gasteiger partial charge in [-0.25, -0.2) is 0 Å². The van der Waals surface area contributed by atoms with Gasteiger partial charge in [0.15, 0.2) is 0 Å². The van der Waals surface area contributed by atoms with Crippen molar-refractivity contribution in [1.29, 1.82) is 0 Å². The van der Waals surface area contributed by atoms with Crippen LogP contribution < -0.4 is 0 Å². The van der Waals surface area contributed by atoms with Crippen LogP contribution in [0, 0.1) is 22.7 Å². The Morgan fingerprint density at radius 1 is 1.29 bits per heavy atom. The Labute approximate surface area is 133 Å². The van der Waals surface area contributed by atoms with Gasteiger partial charge in [0.25, 0.3) is 0 Å². The minimum atomic E-state index is 0.449. The average Bonchev–Trinajstić information content (AvgIpc) is 2.43. The minimum absolute atomic E-state index is 0.449. The average molecular weight is 289 g/mol. The number of fused-ring (bicyclic) bond motifs is 1. The molecule has 120 valence electrons. The maximum Gasteiger partial charge on any atom is -0.00798 e. The Hall–Kier alpha value is -0.520. The van der Waals surface area contributed by atoms with Crippen LogP contribution >= 0.6 is 0 Å². The molecule has 1 fully saturated rings. The van der Waals surface area contributed by atoms with Crippen molar-refractivity contribution in [3.05, 3.63) is 22.8 Å². The van der Waals surface area contributed by atoms with Crippen molar-refractivity contribution in [3.8, 4) is 0 Å². The van der Waals surface area contributed by atoms with E-state index in [-0.39, 0.29) is 0 Å². The highest BCUT2D eigenvalue weighted by Gasteiger charge is 2.50. The third-order valence-corrected chi connectivity index (χ3v) is 7.22. The molecule has 0 heterocycles. The maximum absolute atomic E-state index is 2.57. The van der Waals surface area contributed by atoms with E-state index in [9.17, 15) is 0 Å². The Bertz CT molecular complexity index is 451. The van der Waals surface area contributed by atoms with Crippen molar-refractivity contribution in [3.63, 3.8) is 0 Å². The van der Waals surface area contributed by atoms with Crippen LogP contribution in [0.25, 0.3) is 0 Å². The summed E-state index contributed by atoms with van der Waals surface area (Å²) in [7, 11) is 0. The lowest BCUT2D eigenvalue weighted by Crippen LogP contribution is -2.46. The molecule has 3 unspecified atom stereocenters. The molecule has 0 heteroatoms. The molecule has 0 spiro atoms. The molecule has 0 aliphatic heterocycles. The second kappa shape index (κ2) is 5.94. The summed E-state index contributed by atoms with van der Waals surface area (Å²) in [5.41, 5.74) is 5.92. The van der Waals surface area contributed by atoms with Crippen molar-refractivity contribution in [2.75, 3.05) is 0 Å². The molecule has 0 saturated heterocycles. The zero-order valence-corrected chi connectivity index (χ0v) is 15.5. The second-order valence-electron chi connectivity index (χ2n) is 8.56. The zero-order valence-electron chi connectivity index (χ0n) is 15.5. The third kappa shape index (κ3) is 2.88. The maximum atomic E-state index is 2.57. The van der Waals surface area contributed by atoms with Gasteiger partial charge in [-0.1, -0.05) is 64.7 Å². The van der Waals surface area contributed by atoms with E-state index in [0.717, 1.165) is 5.92 Å². The molecule has 0 bridgehead atoms. The predicted octanol–water partition coefficient (Wildman–Crippen LogP) is 6.92. The van der Waals surface area contributed by atoms with Gasteiger partial charge in [0.05, 0.1) is 0 Å². The Kier molecular flexibility index (Phi) is 4.76. The molecule has 0 nitrogen and oxygen atoms in total. The zero-order chi connectivity index (χ0) is 15.8. The third-order valence-electron chi connectivity index (χ3n) is 7.22. The van der Waals surface area contributed by atoms with Gasteiger partial charge in [-0.15, -0.1) is 0 Å². The molecule has 0 aromatic carbocycles. The van der Waals surface area contributed by atoms with Crippen molar-refractivity contribution >= 4 is 0 Å². The summed E-state index contributed by atoms with van der Waals surface area (Å²) in [6.45, 7) is 16.9. The first-order valence-electron chi connectivity index (χ1n) is 9.13. The van der Waals surface area contributed by atoms with Crippen LogP contribution in [-0.2, 0) is 0 Å². The molecule has 2 aliphatic rings. The molecule has 2 rings (SSSR count). The lowest BCUT2D eigenvalue weighted by atomic mass is 9.49. The normalized spacial score (nSPS) is 37.9. The summed E-state index contributed by atoms with van der Waals surface area (Å²) in [6.07, 6.45) is 10.8. The van der Waals surface area contributed by atoms with Crippen LogP contribution in [0.5, 0.6) is 0 Å². The predicted molar refractivity (Wildman–Crippen MR) is 94.4 cm³/mol. The standard InChI is InChI=1S/C21H36/c1-8-20(6)12-9-13-21(7)17(5)18(10-11-19(20)21)14-16(4)15(2)3/h14-15,19H,8-13H2,1-7H3/b16-14+. The minimum Gasteiger partial charge on any atom is -0.0705 e. The van der Waals surface area contributed by atoms with E-state index in [1.807, 2.05) is 0 Å². The van der Waals surface area contributed by atoms with Gasteiger partial charge in [-0.3, -0.25) is 0 Å². The van der Waals surface area contributed by atoms with Crippen LogP contribution in [0.1, 0.15) is 87.0 Å². The first kappa shape index (κ1) is 16.8. The molecule has 0 aromatic rings. The molecular weight excluding hydrogens is 252 g/mol. The van der Waals surface area contributed by atoms with Gasteiger partial charge in [0.2, 0.25) is 0 Å².